The number of alkyl halides is 1. The third kappa shape index (κ3) is 0.889. The third-order valence-corrected chi connectivity index (χ3v) is 4.02. The maximum absolute atomic E-state index is 5.95. The Labute approximate surface area is 77.2 Å². The number of hydrogen-bond acceptors (Lipinski definition) is 2. The van der Waals surface area contributed by atoms with Crippen LogP contribution in [0.4, 0.5) is 0 Å². The molecule has 0 bridgehead atoms. The molecule has 3 rings (SSSR count). The van der Waals surface area contributed by atoms with Crippen molar-refractivity contribution >= 4 is 11.6 Å². The summed E-state index contributed by atoms with van der Waals surface area (Å²) in [5.74, 6) is 1.41. The zero-order valence-corrected chi connectivity index (χ0v) is 7.72. The molecule has 3 aliphatic rings. The molecule has 0 amide bonds. The van der Waals surface area contributed by atoms with E-state index >= 15 is 0 Å². The van der Waals surface area contributed by atoms with E-state index in [9.17, 15) is 0 Å². The van der Waals surface area contributed by atoms with Gasteiger partial charge in [0.05, 0.1) is 25.4 Å². The van der Waals surface area contributed by atoms with Crippen LogP contribution in [0.25, 0.3) is 0 Å². The largest absolute Gasteiger partial charge is 0.380 e. The van der Waals surface area contributed by atoms with Crippen molar-refractivity contribution in [2.45, 2.75) is 25.0 Å². The van der Waals surface area contributed by atoms with E-state index in [4.69, 9.17) is 21.1 Å². The predicted molar refractivity (Wildman–Crippen MR) is 45.4 cm³/mol. The van der Waals surface area contributed by atoms with Gasteiger partial charge in [-0.2, -0.15) is 0 Å². The number of rotatable bonds is 1. The average Bonchev–Trinajstić information content (AvgIpc) is 2.76. The molecule has 0 N–H and O–H groups in total. The van der Waals surface area contributed by atoms with Crippen LogP contribution in [0.15, 0.2) is 0 Å². The van der Waals surface area contributed by atoms with Gasteiger partial charge in [0.25, 0.3) is 0 Å². The first-order valence-corrected chi connectivity index (χ1v) is 5.17. The fourth-order valence-corrected chi connectivity index (χ4v) is 3.06. The summed E-state index contributed by atoms with van der Waals surface area (Å²) in [6, 6.07) is 0. The first kappa shape index (κ1) is 7.60. The smallest absolute Gasteiger partial charge is 0.0849 e. The highest BCUT2D eigenvalue weighted by Gasteiger charge is 2.58. The molecule has 3 unspecified atom stereocenters. The number of hydrogen-bond donors (Lipinski definition) is 0. The number of epoxide rings is 1. The molecule has 2 heterocycles. The van der Waals surface area contributed by atoms with Crippen molar-refractivity contribution < 1.29 is 9.47 Å². The van der Waals surface area contributed by atoms with Gasteiger partial charge in [-0.15, -0.1) is 11.6 Å². The maximum Gasteiger partial charge on any atom is 0.0849 e. The monoisotopic (exact) mass is 188 g/mol. The third-order valence-electron chi connectivity index (χ3n) is 3.64. The summed E-state index contributed by atoms with van der Waals surface area (Å²) in [6.07, 6.45) is 3.44. The van der Waals surface area contributed by atoms with Gasteiger partial charge in [-0.05, 0) is 18.8 Å². The van der Waals surface area contributed by atoms with Crippen LogP contribution in [0.1, 0.15) is 12.8 Å². The van der Waals surface area contributed by atoms with E-state index in [1.807, 2.05) is 0 Å². The van der Waals surface area contributed by atoms with Crippen molar-refractivity contribution in [2.75, 3.05) is 19.1 Å². The van der Waals surface area contributed by atoms with Crippen LogP contribution in [0, 0.1) is 11.3 Å². The van der Waals surface area contributed by atoms with Crippen LogP contribution < -0.4 is 0 Å². The molecule has 3 heteroatoms. The summed E-state index contributed by atoms with van der Waals surface area (Å²) in [5, 5.41) is 0. The molecule has 68 valence electrons. The van der Waals surface area contributed by atoms with Gasteiger partial charge in [0.2, 0.25) is 0 Å². The minimum atomic E-state index is 0.402. The summed E-state index contributed by atoms with van der Waals surface area (Å²) in [5.41, 5.74) is 0.402. The topological polar surface area (TPSA) is 21.8 Å². The maximum atomic E-state index is 5.95. The van der Waals surface area contributed by atoms with Crippen molar-refractivity contribution in [2.24, 2.45) is 11.3 Å². The molecule has 1 spiro atoms. The van der Waals surface area contributed by atoms with E-state index in [1.165, 1.54) is 6.42 Å². The molecular weight excluding hydrogens is 176 g/mol. The number of ether oxygens (including phenoxy) is 2. The fourth-order valence-electron chi connectivity index (χ4n) is 2.61. The highest BCUT2D eigenvalue weighted by molar-refractivity contribution is 6.18. The van der Waals surface area contributed by atoms with Gasteiger partial charge in [-0.1, -0.05) is 0 Å². The van der Waals surface area contributed by atoms with E-state index in [0.717, 1.165) is 25.5 Å². The van der Waals surface area contributed by atoms with Gasteiger partial charge < -0.3 is 9.47 Å². The highest BCUT2D eigenvalue weighted by Crippen LogP contribution is 2.53. The van der Waals surface area contributed by atoms with Crippen LogP contribution >= 0.6 is 11.6 Å². The van der Waals surface area contributed by atoms with Gasteiger partial charge in [-0.25, -0.2) is 0 Å². The molecule has 3 atom stereocenters. The minimum Gasteiger partial charge on any atom is -0.380 e. The molecule has 3 fully saturated rings. The average molecular weight is 189 g/mol. The lowest BCUT2D eigenvalue weighted by atomic mass is 9.66. The first-order chi connectivity index (χ1) is 5.84. The van der Waals surface area contributed by atoms with E-state index in [2.05, 4.69) is 0 Å². The molecule has 12 heavy (non-hydrogen) atoms. The van der Waals surface area contributed by atoms with Gasteiger partial charge in [0, 0.05) is 11.3 Å². The molecule has 0 aromatic rings. The molecule has 1 aliphatic carbocycles. The van der Waals surface area contributed by atoms with E-state index in [1.54, 1.807) is 0 Å². The second-order valence-corrected chi connectivity index (χ2v) is 4.67. The molecular formula is C9H13ClO2. The van der Waals surface area contributed by atoms with Crippen molar-refractivity contribution in [3.63, 3.8) is 0 Å². The van der Waals surface area contributed by atoms with Crippen molar-refractivity contribution in [3.8, 4) is 0 Å². The number of fused-ring (bicyclic) bond motifs is 1. The Hall–Kier alpha value is 0.210. The Morgan fingerprint density at radius 2 is 2.17 bits per heavy atom. The molecule has 1 saturated carbocycles. The lowest BCUT2D eigenvalue weighted by molar-refractivity contribution is -0.153. The van der Waals surface area contributed by atoms with Crippen LogP contribution in [0.3, 0.4) is 0 Å². The van der Waals surface area contributed by atoms with Crippen LogP contribution in [0.5, 0.6) is 0 Å². The van der Waals surface area contributed by atoms with Crippen molar-refractivity contribution in [1.29, 1.82) is 0 Å². The van der Waals surface area contributed by atoms with Crippen LogP contribution in [-0.2, 0) is 9.47 Å². The molecule has 2 saturated heterocycles. The SMILES string of the molecule is ClCC1CC2OC2CC12COC2. The molecule has 0 radical (unpaired) electrons. The summed E-state index contributed by atoms with van der Waals surface area (Å²) in [7, 11) is 0. The Morgan fingerprint density at radius 3 is 2.75 bits per heavy atom. The number of halogens is 1. The normalized spacial score (nSPS) is 48.2. The van der Waals surface area contributed by atoms with E-state index in [-0.39, 0.29) is 0 Å². The minimum absolute atomic E-state index is 0.402. The van der Waals surface area contributed by atoms with Crippen LogP contribution in [0.2, 0.25) is 0 Å². The van der Waals surface area contributed by atoms with Gasteiger partial charge in [-0.3, -0.25) is 0 Å². The summed E-state index contributed by atoms with van der Waals surface area (Å²) in [6.45, 7) is 1.83. The van der Waals surface area contributed by atoms with Gasteiger partial charge in [0.1, 0.15) is 0 Å². The molecule has 0 aromatic carbocycles. The standard InChI is InChI=1S/C9H13ClO2/c10-3-6-1-7-8(12-7)2-9(6)4-11-5-9/h6-8H,1-5H2. The zero-order valence-electron chi connectivity index (χ0n) is 6.96. The lowest BCUT2D eigenvalue weighted by Crippen LogP contribution is -2.52. The fraction of sp³-hybridized carbons (Fsp3) is 1.00. The summed E-state index contributed by atoms with van der Waals surface area (Å²) in [4.78, 5) is 0. The predicted octanol–water partition coefficient (Wildman–Crippen LogP) is 1.42. The first-order valence-electron chi connectivity index (χ1n) is 4.63. The summed E-state index contributed by atoms with van der Waals surface area (Å²) < 4.78 is 10.8. The van der Waals surface area contributed by atoms with E-state index < -0.39 is 0 Å². The van der Waals surface area contributed by atoms with Gasteiger partial charge in [0.15, 0.2) is 0 Å². The Bertz CT molecular complexity index is 203. The van der Waals surface area contributed by atoms with Crippen molar-refractivity contribution in [1.82, 2.24) is 0 Å². The lowest BCUT2D eigenvalue weighted by Gasteiger charge is -2.48. The molecule has 2 aliphatic heterocycles. The van der Waals surface area contributed by atoms with Crippen LogP contribution in [-0.4, -0.2) is 31.3 Å². The Balaban J connectivity index is 1.79. The molecule has 0 aromatic heterocycles. The van der Waals surface area contributed by atoms with Gasteiger partial charge >= 0.3 is 0 Å². The highest BCUT2D eigenvalue weighted by atomic mass is 35.5. The second kappa shape index (κ2) is 2.37. The zero-order chi connectivity index (χ0) is 8.18. The second-order valence-electron chi connectivity index (χ2n) is 4.36. The Kier molecular flexibility index (Phi) is 1.50. The van der Waals surface area contributed by atoms with E-state index in [0.29, 0.717) is 23.5 Å². The van der Waals surface area contributed by atoms with Crippen molar-refractivity contribution in [3.05, 3.63) is 0 Å². The quantitative estimate of drug-likeness (QED) is 0.459. The molecule has 2 nitrogen and oxygen atoms in total. The summed E-state index contributed by atoms with van der Waals surface area (Å²) >= 11 is 5.95. The Morgan fingerprint density at radius 1 is 1.33 bits per heavy atom.